The molecule has 8 heteroatoms. The van der Waals surface area contributed by atoms with Gasteiger partial charge in [0.2, 0.25) is 0 Å². The minimum Gasteiger partial charge on any atom is -0.383 e. The highest BCUT2D eigenvalue weighted by Crippen LogP contribution is 2.29. The summed E-state index contributed by atoms with van der Waals surface area (Å²) in [5, 5.41) is 14.9. The van der Waals surface area contributed by atoms with E-state index in [2.05, 4.69) is 10.3 Å². The first kappa shape index (κ1) is 17.8. The van der Waals surface area contributed by atoms with Crippen molar-refractivity contribution in [1.29, 1.82) is 0 Å². The molecule has 0 saturated heterocycles. The number of benzene rings is 2. The van der Waals surface area contributed by atoms with Gasteiger partial charge in [0.05, 0.1) is 15.6 Å². The van der Waals surface area contributed by atoms with E-state index in [0.717, 1.165) is 0 Å². The molecule has 1 heterocycles. The summed E-state index contributed by atoms with van der Waals surface area (Å²) in [5.74, 6) is -0.0885. The molecule has 3 rings (SSSR count). The van der Waals surface area contributed by atoms with E-state index < -0.39 is 14.8 Å². The summed E-state index contributed by atoms with van der Waals surface area (Å²) in [5.41, 5.74) is 1.44. The monoisotopic (exact) mass is 371 g/mol. The highest BCUT2D eigenvalue weighted by Gasteiger charge is 2.17. The molecule has 0 amide bonds. The van der Waals surface area contributed by atoms with Crippen LogP contribution in [0.15, 0.2) is 59.5 Å². The zero-order valence-corrected chi connectivity index (χ0v) is 14.9. The predicted octanol–water partition coefficient (Wildman–Crippen LogP) is 3.34. The molecule has 0 saturated carbocycles. The predicted molar refractivity (Wildman–Crippen MR) is 100 cm³/mol. The highest BCUT2D eigenvalue weighted by molar-refractivity contribution is 7.91. The van der Waals surface area contributed by atoms with E-state index in [1.165, 1.54) is 6.07 Å². The van der Waals surface area contributed by atoms with Crippen molar-refractivity contribution < 1.29 is 13.3 Å². The quantitative estimate of drug-likeness (QED) is 0.527. The number of nitrogens with zero attached hydrogens (tertiary/aromatic N) is 2. The van der Waals surface area contributed by atoms with Crippen molar-refractivity contribution >= 4 is 32.1 Å². The zero-order chi connectivity index (χ0) is 18.7. The third kappa shape index (κ3) is 3.65. The van der Waals surface area contributed by atoms with E-state index in [4.69, 9.17) is 0 Å². The van der Waals surface area contributed by atoms with Crippen LogP contribution in [0.1, 0.15) is 5.69 Å². The molecule has 0 aliphatic rings. The van der Waals surface area contributed by atoms with Crippen LogP contribution < -0.4 is 5.32 Å². The summed E-state index contributed by atoms with van der Waals surface area (Å²) in [6.07, 6.45) is 0. The van der Waals surface area contributed by atoms with Gasteiger partial charge in [0.25, 0.3) is 5.69 Å². The molecular formula is C18H17N3O4S. The van der Waals surface area contributed by atoms with Crippen LogP contribution in [-0.2, 0) is 9.84 Å². The molecule has 0 aliphatic heterocycles. The molecule has 1 N–H and O–H groups in total. The van der Waals surface area contributed by atoms with Crippen molar-refractivity contribution in [3.8, 4) is 0 Å². The number of fused-ring (bicyclic) bond motifs is 1. The van der Waals surface area contributed by atoms with Gasteiger partial charge in [-0.3, -0.25) is 10.1 Å². The fraction of sp³-hybridized carbons (Fsp3) is 0.167. The van der Waals surface area contributed by atoms with Crippen molar-refractivity contribution in [2.24, 2.45) is 0 Å². The van der Waals surface area contributed by atoms with Gasteiger partial charge in [-0.15, -0.1) is 0 Å². The normalized spacial score (nSPS) is 11.4. The smallest absolute Gasteiger partial charge is 0.295 e. The van der Waals surface area contributed by atoms with E-state index in [1.807, 2.05) is 0 Å². The Morgan fingerprint density at radius 3 is 2.54 bits per heavy atom. The molecule has 7 nitrogen and oxygen atoms in total. The number of non-ortho nitro benzene ring substituents is 1. The highest BCUT2D eigenvalue weighted by atomic mass is 32.2. The van der Waals surface area contributed by atoms with Gasteiger partial charge in [-0.2, -0.15) is 0 Å². The third-order valence-electron chi connectivity index (χ3n) is 3.93. The standard InChI is InChI=1S/C18H17N3O4S/c1-13-12-16(15-8-5-9-17(21(22)23)18(15)20-13)19-10-11-26(24,25)14-6-3-2-4-7-14/h2-9,12H,10-11H2,1H3,(H,19,20). The summed E-state index contributed by atoms with van der Waals surface area (Å²) in [4.78, 5) is 15.3. The second-order valence-corrected chi connectivity index (χ2v) is 7.91. The molecule has 26 heavy (non-hydrogen) atoms. The number of sulfone groups is 1. The van der Waals surface area contributed by atoms with Crippen LogP contribution in [0.5, 0.6) is 0 Å². The number of pyridine rings is 1. The molecule has 0 unspecified atom stereocenters. The Hall–Kier alpha value is -3.00. The minimum absolute atomic E-state index is 0.0776. The number of aromatic nitrogens is 1. The van der Waals surface area contributed by atoms with Crippen molar-refractivity contribution in [2.45, 2.75) is 11.8 Å². The van der Waals surface area contributed by atoms with Gasteiger partial charge in [0, 0.05) is 29.4 Å². The Labute approximate surface area is 150 Å². The van der Waals surface area contributed by atoms with Gasteiger partial charge in [0.1, 0.15) is 0 Å². The molecule has 0 spiro atoms. The lowest BCUT2D eigenvalue weighted by Gasteiger charge is -2.11. The molecule has 2 aromatic carbocycles. The van der Waals surface area contributed by atoms with E-state index in [1.54, 1.807) is 55.5 Å². The average molecular weight is 371 g/mol. The second-order valence-electron chi connectivity index (χ2n) is 5.80. The number of hydrogen-bond acceptors (Lipinski definition) is 6. The van der Waals surface area contributed by atoms with Crippen molar-refractivity contribution in [1.82, 2.24) is 4.98 Å². The van der Waals surface area contributed by atoms with E-state index in [-0.39, 0.29) is 28.4 Å². The lowest BCUT2D eigenvalue weighted by atomic mass is 10.1. The number of aryl methyl sites for hydroxylation is 1. The summed E-state index contributed by atoms with van der Waals surface area (Å²) in [6, 6.07) is 14.7. The zero-order valence-electron chi connectivity index (χ0n) is 14.0. The molecule has 0 aliphatic carbocycles. The summed E-state index contributed by atoms with van der Waals surface area (Å²) in [6.45, 7) is 1.92. The van der Waals surface area contributed by atoms with E-state index >= 15 is 0 Å². The lowest BCUT2D eigenvalue weighted by Crippen LogP contribution is -2.16. The number of nitrogens with one attached hydrogen (secondary N) is 1. The maximum Gasteiger partial charge on any atom is 0.295 e. The van der Waals surface area contributed by atoms with Gasteiger partial charge in [-0.1, -0.05) is 30.3 Å². The molecule has 3 aromatic rings. The molecule has 0 fully saturated rings. The van der Waals surface area contributed by atoms with Crippen molar-refractivity contribution in [3.05, 3.63) is 70.4 Å². The molecule has 134 valence electrons. The van der Waals surface area contributed by atoms with E-state index in [0.29, 0.717) is 16.8 Å². The average Bonchev–Trinajstić information content (AvgIpc) is 2.61. The SMILES string of the molecule is Cc1cc(NCCS(=O)(=O)c2ccccc2)c2cccc([N+](=O)[O-])c2n1. The Morgan fingerprint density at radius 1 is 1.12 bits per heavy atom. The molecule has 0 atom stereocenters. The molecule has 0 radical (unpaired) electrons. The van der Waals surface area contributed by atoms with Gasteiger partial charge < -0.3 is 5.32 Å². The van der Waals surface area contributed by atoms with Gasteiger partial charge in [-0.05, 0) is 25.1 Å². The van der Waals surface area contributed by atoms with E-state index in [9.17, 15) is 18.5 Å². The maximum absolute atomic E-state index is 12.4. The number of rotatable bonds is 6. The topological polar surface area (TPSA) is 102 Å². The van der Waals surface area contributed by atoms with Crippen LogP contribution in [-0.4, -0.2) is 30.6 Å². The first-order valence-electron chi connectivity index (χ1n) is 7.95. The van der Waals surface area contributed by atoms with Crippen LogP contribution in [0, 0.1) is 17.0 Å². The summed E-state index contributed by atoms with van der Waals surface area (Å²) < 4.78 is 24.7. The fourth-order valence-electron chi connectivity index (χ4n) is 2.72. The Bertz CT molecular complexity index is 1070. The number of para-hydroxylation sites is 1. The largest absolute Gasteiger partial charge is 0.383 e. The van der Waals surface area contributed by atoms with Crippen LogP contribution in [0.4, 0.5) is 11.4 Å². The summed E-state index contributed by atoms with van der Waals surface area (Å²) in [7, 11) is -3.40. The maximum atomic E-state index is 12.4. The van der Waals surface area contributed by atoms with Crippen LogP contribution >= 0.6 is 0 Å². The van der Waals surface area contributed by atoms with Crippen molar-refractivity contribution in [2.75, 3.05) is 17.6 Å². The fourth-order valence-corrected chi connectivity index (χ4v) is 3.90. The molecule has 0 bridgehead atoms. The Morgan fingerprint density at radius 2 is 1.85 bits per heavy atom. The first-order valence-corrected chi connectivity index (χ1v) is 9.60. The molecule has 1 aromatic heterocycles. The number of anilines is 1. The third-order valence-corrected chi connectivity index (χ3v) is 5.66. The van der Waals surface area contributed by atoms with Crippen LogP contribution in [0.3, 0.4) is 0 Å². The van der Waals surface area contributed by atoms with Gasteiger partial charge in [0.15, 0.2) is 15.4 Å². The number of nitro groups is 1. The van der Waals surface area contributed by atoms with Gasteiger partial charge >= 0.3 is 0 Å². The first-order chi connectivity index (χ1) is 12.4. The minimum atomic E-state index is -3.40. The number of nitro benzene ring substituents is 1. The number of hydrogen-bond donors (Lipinski definition) is 1. The second kappa shape index (κ2) is 7.09. The summed E-state index contributed by atoms with van der Waals surface area (Å²) >= 11 is 0. The lowest BCUT2D eigenvalue weighted by molar-refractivity contribution is -0.383. The van der Waals surface area contributed by atoms with Gasteiger partial charge in [-0.25, -0.2) is 13.4 Å². The Kier molecular flexibility index (Phi) is 4.85. The molecular weight excluding hydrogens is 354 g/mol. The van der Waals surface area contributed by atoms with Crippen LogP contribution in [0.2, 0.25) is 0 Å². The van der Waals surface area contributed by atoms with Crippen molar-refractivity contribution in [3.63, 3.8) is 0 Å². The Balaban J connectivity index is 1.86. The van der Waals surface area contributed by atoms with Crippen LogP contribution in [0.25, 0.3) is 10.9 Å².